The number of H-pyrrole nitrogens is 1. The van der Waals surface area contributed by atoms with Crippen LogP contribution in [0.1, 0.15) is 35.7 Å². The first kappa shape index (κ1) is 24.1. The van der Waals surface area contributed by atoms with Gasteiger partial charge in [-0.1, -0.05) is 50.6 Å². The number of aromatic amines is 1. The molecule has 0 atom stereocenters. The van der Waals surface area contributed by atoms with E-state index in [-0.39, 0.29) is 28.0 Å². The summed E-state index contributed by atoms with van der Waals surface area (Å²) in [6.45, 7) is 1.60. The zero-order valence-corrected chi connectivity index (χ0v) is 18.7. The average Bonchev–Trinajstić information content (AvgIpc) is 2.92. The molecule has 0 aliphatic heterocycles. The molecule has 4 nitrogen and oxygen atoms in total. The number of methoxy groups -OCH3 is 1. The van der Waals surface area contributed by atoms with Crippen molar-refractivity contribution in [2.75, 3.05) is 7.11 Å². The van der Waals surface area contributed by atoms with Gasteiger partial charge in [-0.15, -0.1) is 11.8 Å². The minimum Gasteiger partial charge on any atom is -0.496 e. The highest BCUT2D eigenvalue weighted by atomic mass is 32.5. The third-order valence-corrected chi connectivity index (χ3v) is 6.98. The van der Waals surface area contributed by atoms with Crippen LogP contribution in [-0.2, 0) is 10.5 Å². The molecule has 0 amide bonds. The molecule has 174 valence electrons. The van der Waals surface area contributed by atoms with Crippen molar-refractivity contribution in [2.24, 2.45) is 0 Å². The number of nitrogens with one attached hydrogen (secondary N) is 1. The van der Waals surface area contributed by atoms with E-state index in [4.69, 9.17) is 4.74 Å². The zero-order valence-electron chi connectivity index (χ0n) is 17.1. The van der Waals surface area contributed by atoms with Crippen molar-refractivity contribution in [1.82, 2.24) is 4.98 Å². The Morgan fingerprint density at radius 3 is 2.38 bits per heavy atom. The molecule has 0 saturated carbocycles. The Bertz CT molecular complexity index is 1280. The molecule has 1 aliphatic carbocycles. The number of benzene rings is 1. The standard InChI is InChI=1S/C21H20F5NO3S2/c1-3-16(28)19-20(29)18-15(6-4-5-7-17(18)30-2)27-21(19)31-12-13-8-10-14(11-9-13)32(22,23,24,25)26/h5-11,27H,3-4,12H2,1-2H3. The number of thioether (sulfide) groups is 1. The number of carbonyl (C=O) groups excluding carboxylic acids is 1. The highest BCUT2D eigenvalue weighted by Crippen LogP contribution is 3.02. The van der Waals surface area contributed by atoms with Crippen LogP contribution in [-0.4, -0.2) is 17.9 Å². The number of ether oxygens (including phenoxy) is 1. The molecule has 3 rings (SSSR count). The van der Waals surface area contributed by atoms with Crippen LogP contribution < -0.4 is 16.0 Å². The fourth-order valence-corrected chi connectivity index (χ4v) is 4.83. The topological polar surface area (TPSA) is 59.2 Å². The van der Waals surface area contributed by atoms with Crippen molar-refractivity contribution in [3.05, 3.63) is 68.3 Å². The molecule has 11 heteroatoms. The Balaban J connectivity index is 2.04. The molecule has 0 saturated heterocycles. The number of pyridine rings is 1. The molecule has 0 spiro atoms. The molecular formula is C21H20F5NO3S2. The van der Waals surface area contributed by atoms with E-state index in [1.54, 1.807) is 25.2 Å². The van der Waals surface area contributed by atoms with Gasteiger partial charge < -0.3 is 9.72 Å². The van der Waals surface area contributed by atoms with Gasteiger partial charge in [-0.25, -0.2) is 0 Å². The third kappa shape index (κ3) is 5.09. The largest absolute Gasteiger partial charge is 0.496 e. The van der Waals surface area contributed by atoms with E-state index >= 15 is 0 Å². The Morgan fingerprint density at radius 2 is 1.81 bits per heavy atom. The number of allylic oxidation sites excluding steroid dienone is 1. The summed E-state index contributed by atoms with van der Waals surface area (Å²) >= 11 is 1.03. The van der Waals surface area contributed by atoms with Crippen molar-refractivity contribution in [3.63, 3.8) is 0 Å². The number of hydrogen-bond donors (Lipinski definition) is 1. The molecule has 0 fully saturated rings. The number of halogens is 5. The highest BCUT2D eigenvalue weighted by Gasteiger charge is 2.65. The molecule has 32 heavy (non-hydrogen) atoms. The lowest BCUT2D eigenvalue weighted by atomic mass is 10.1. The van der Waals surface area contributed by atoms with Crippen LogP contribution in [0.15, 0.2) is 51.1 Å². The summed E-state index contributed by atoms with van der Waals surface area (Å²) in [6.07, 6.45) is 5.77. The first-order chi connectivity index (χ1) is 14.7. The van der Waals surface area contributed by atoms with Crippen LogP contribution in [0, 0.1) is 0 Å². The summed E-state index contributed by atoms with van der Waals surface area (Å²) in [7, 11) is -8.33. The predicted octanol–water partition coefficient (Wildman–Crippen LogP) is 5.41. The molecule has 0 bridgehead atoms. The van der Waals surface area contributed by atoms with E-state index in [1.165, 1.54) is 7.11 Å². The van der Waals surface area contributed by atoms with Crippen molar-refractivity contribution in [3.8, 4) is 0 Å². The monoisotopic (exact) mass is 493 g/mol. The lowest BCUT2D eigenvalue weighted by molar-refractivity contribution is 0.0983. The summed E-state index contributed by atoms with van der Waals surface area (Å²) in [5.74, 6) is -0.0434. The third-order valence-electron chi connectivity index (χ3n) is 4.74. The average molecular weight is 494 g/mol. The number of fused-ring (bicyclic) bond motifs is 1. The summed E-state index contributed by atoms with van der Waals surface area (Å²) < 4.78 is 69.8. The van der Waals surface area contributed by atoms with Crippen LogP contribution in [0.2, 0.25) is 0 Å². The summed E-state index contributed by atoms with van der Waals surface area (Å²) in [5.41, 5.74) is -0.261. The number of rotatable bonds is 7. The van der Waals surface area contributed by atoms with Gasteiger partial charge in [0, 0.05) is 12.2 Å². The number of carbonyl (C=O) groups is 1. The first-order valence-electron chi connectivity index (χ1n) is 9.45. The van der Waals surface area contributed by atoms with E-state index in [2.05, 4.69) is 4.98 Å². The molecule has 1 aromatic carbocycles. The molecule has 1 N–H and O–H groups in total. The quantitative estimate of drug-likeness (QED) is 0.318. The van der Waals surface area contributed by atoms with E-state index in [9.17, 15) is 29.0 Å². The zero-order chi connectivity index (χ0) is 23.8. The second-order valence-electron chi connectivity index (χ2n) is 7.04. The Morgan fingerprint density at radius 1 is 1.16 bits per heavy atom. The number of Topliss-reactive ketones (excluding diaryl/α,β-unsaturated/α-hetero) is 1. The van der Waals surface area contributed by atoms with Crippen LogP contribution >= 0.6 is 22.0 Å². The second-order valence-corrected chi connectivity index (χ2v) is 10.4. The summed E-state index contributed by atoms with van der Waals surface area (Å²) in [5, 5.41) is 0.942. The SMILES string of the molecule is CCC(=O)c1c(SCc2ccc(S(F)(F)(F)(F)F)cc2)[nH]c2c(c1=O)=C(OC)C=CCC=2. The van der Waals surface area contributed by atoms with Gasteiger partial charge in [0.05, 0.1) is 28.3 Å². The van der Waals surface area contributed by atoms with Gasteiger partial charge in [0.15, 0.2) is 5.78 Å². The van der Waals surface area contributed by atoms with Gasteiger partial charge in [0.1, 0.15) is 10.7 Å². The summed E-state index contributed by atoms with van der Waals surface area (Å²) in [6, 6.07) is 2.59. The Labute approximate surface area is 184 Å². The van der Waals surface area contributed by atoms with Crippen LogP contribution in [0.4, 0.5) is 19.4 Å². The van der Waals surface area contributed by atoms with Crippen molar-refractivity contribution >= 4 is 39.6 Å². The molecule has 1 heterocycles. The van der Waals surface area contributed by atoms with Gasteiger partial charge in [-0.3, -0.25) is 9.59 Å². The van der Waals surface area contributed by atoms with Crippen LogP contribution in [0.25, 0.3) is 11.8 Å². The maximum atomic E-state index is 13.2. The number of ketones is 1. The first-order valence-corrected chi connectivity index (χ1v) is 12.4. The van der Waals surface area contributed by atoms with Gasteiger partial charge in [0.25, 0.3) is 0 Å². The van der Waals surface area contributed by atoms with E-state index in [0.29, 0.717) is 35.2 Å². The lowest BCUT2D eigenvalue weighted by Crippen LogP contribution is -2.46. The minimum absolute atomic E-state index is 0.0540. The highest BCUT2D eigenvalue weighted by molar-refractivity contribution is 8.45. The molecule has 1 aliphatic rings. The van der Waals surface area contributed by atoms with Gasteiger partial charge in [0.2, 0.25) is 5.43 Å². The van der Waals surface area contributed by atoms with Crippen LogP contribution in [0.3, 0.4) is 0 Å². The van der Waals surface area contributed by atoms with Crippen molar-refractivity contribution < 1.29 is 29.0 Å². The van der Waals surface area contributed by atoms with E-state index < -0.39 is 26.3 Å². The van der Waals surface area contributed by atoms with Gasteiger partial charge >= 0.3 is 10.2 Å². The van der Waals surface area contributed by atoms with Crippen molar-refractivity contribution in [1.29, 1.82) is 0 Å². The van der Waals surface area contributed by atoms with E-state index in [1.807, 2.05) is 0 Å². The number of aromatic nitrogens is 1. The maximum Gasteiger partial charge on any atom is 0.310 e. The van der Waals surface area contributed by atoms with Gasteiger partial charge in [-0.05, 0) is 30.2 Å². The minimum atomic E-state index is -9.74. The summed E-state index contributed by atoms with van der Waals surface area (Å²) in [4.78, 5) is 26.8. The lowest BCUT2D eigenvalue weighted by Gasteiger charge is -2.40. The maximum absolute atomic E-state index is 13.2. The molecule has 0 unspecified atom stereocenters. The van der Waals surface area contributed by atoms with Crippen molar-refractivity contribution in [2.45, 2.75) is 35.4 Å². The molecule has 2 aromatic rings. The second kappa shape index (κ2) is 7.80. The Kier molecular flexibility index (Phi) is 5.88. The fraction of sp³-hybridized carbons (Fsp3) is 0.238. The normalized spacial score (nSPS) is 15.8. The fourth-order valence-electron chi connectivity index (χ4n) is 3.15. The smallest absolute Gasteiger partial charge is 0.310 e. The van der Waals surface area contributed by atoms with E-state index in [0.717, 1.165) is 23.9 Å². The molecule has 1 aromatic heterocycles. The predicted molar refractivity (Wildman–Crippen MR) is 117 cm³/mol. The molecule has 0 radical (unpaired) electrons. The van der Waals surface area contributed by atoms with Crippen LogP contribution in [0.5, 0.6) is 0 Å². The number of hydrogen-bond acceptors (Lipinski definition) is 4. The molecular weight excluding hydrogens is 473 g/mol. The van der Waals surface area contributed by atoms with Gasteiger partial charge in [-0.2, -0.15) is 0 Å². The Hall–Kier alpha value is -2.53.